The zero-order valence-corrected chi connectivity index (χ0v) is 19.9. The highest BCUT2D eigenvalue weighted by atomic mass is 32.2. The highest BCUT2D eigenvalue weighted by Gasteiger charge is 2.45. The maximum Gasteiger partial charge on any atom is 0.586 e. The fourth-order valence-electron chi connectivity index (χ4n) is 4.50. The van der Waals surface area contributed by atoms with Crippen LogP contribution in [0.5, 0.6) is 11.5 Å². The van der Waals surface area contributed by atoms with Gasteiger partial charge < -0.3 is 14.4 Å². The second-order valence-corrected chi connectivity index (χ2v) is 10.5. The number of unbranched alkanes of at least 4 members (excludes halogenated alkanes) is 1. The van der Waals surface area contributed by atoms with Crippen molar-refractivity contribution in [2.75, 3.05) is 44.2 Å². The van der Waals surface area contributed by atoms with Crippen LogP contribution in [0.3, 0.4) is 0 Å². The Hall–Kier alpha value is -2.95. The van der Waals surface area contributed by atoms with E-state index in [1.807, 2.05) is 35.2 Å². The van der Waals surface area contributed by atoms with Crippen molar-refractivity contribution in [3.05, 3.63) is 60.7 Å². The molecule has 0 unspecified atom stereocenters. The first-order valence-corrected chi connectivity index (χ1v) is 13.1. The van der Waals surface area contributed by atoms with E-state index in [9.17, 15) is 17.2 Å². The topological polar surface area (TPSA) is 71.1 Å². The van der Waals surface area contributed by atoms with E-state index in [1.54, 1.807) is 24.3 Å². The Bertz CT molecular complexity index is 1310. The molecule has 35 heavy (non-hydrogen) atoms. The summed E-state index contributed by atoms with van der Waals surface area (Å²) >= 11 is 0. The summed E-state index contributed by atoms with van der Waals surface area (Å²) in [4.78, 5) is 4.59. The van der Waals surface area contributed by atoms with Gasteiger partial charge in [-0.1, -0.05) is 36.4 Å². The molecule has 0 atom stereocenters. The van der Waals surface area contributed by atoms with Gasteiger partial charge in [-0.25, -0.2) is 13.1 Å². The summed E-state index contributed by atoms with van der Waals surface area (Å²) in [6.07, 6.45) is -2.06. The third-order valence-corrected chi connectivity index (χ3v) is 7.80. The molecule has 0 bridgehead atoms. The lowest BCUT2D eigenvalue weighted by molar-refractivity contribution is -0.286. The lowest BCUT2D eigenvalue weighted by atomic mass is 10.1. The van der Waals surface area contributed by atoms with E-state index in [0.29, 0.717) is 25.3 Å². The smallest absolute Gasteiger partial charge is 0.395 e. The van der Waals surface area contributed by atoms with Gasteiger partial charge in [0.15, 0.2) is 11.5 Å². The molecule has 2 heterocycles. The van der Waals surface area contributed by atoms with Crippen LogP contribution in [0.15, 0.2) is 65.6 Å². The second-order valence-electron chi connectivity index (χ2n) is 8.71. The molecule has 3 aromatic rings. The average molecular weight is 504 g/mol. The van der Waals surface area contributed by atoms with E-state index in [-0.39, 0.29) is 16.4 Å². The quantitative estimate of drug-likeness (QED) is 0.468. The van der Waals surface area contributed by atoms with Crippen molar-refractivity contribution in [1.82, 2.24) is 9.62 Å². The van der Waals surface area contributed by atoms with Gasteiger partial charge in [0.05, 0.1) is 10.6 Å². The van der Waals surface area contributed by atoms with E-state index < -0.39 is 16.3 Å². The number of benzene rings is 3. The van der Waals surface area contributed by atoms with Crippen LogP contribution in [-0.2, 0) is 10.0 Å². The first-order chi connectivity index (χ1) is 16.8. The molecule has 2 aliphatic heterocycles. The SMILES string of the molecule is O=S(=O)(NCCCCN1CCN(c2cccc3c2OC(F)(F)O3)CC1)c1ccc2ccccc2c1. The molecule has 0 radical (unpaired) electrons. The Morgan fingerprint density at radius 2 is 1.66 bits per heavy atom. The van der Waals surface area contributed by atoms with Crippen LogP contribution >= 0.6 is 0 Å². The van der Waals surface area contributed by atoms with Gasteiger partial charge in [0.1, 0.15) is 0 Å². The van der Waals surface area contributed by atoms with E-state index in [1.165, 1.54) is 6.07 Å². The first-order valence-electron chi connectivity index (χ1n) is 11.7. The van der Waals surface area contributed by atoms with Gasteiger partial charge in [-0.3, -0.25) is 4.90 Å². The van der Waals surface area contributed by atoms with E-state index in [0.717, 1.165) is 43.2 Å². The van der Waals surface area contributed by atoms with Gasteiger partial charge in [-0.15, -0.1) is 8.78 Å². The molecular weight excluding hydrogens is 476 g/mol. The van der Waals surface area contributed by atoms with Gasteiger partial charge in [0.2, 0.25) is 10.0 Å². The van der Waals surface area contributed by atoms with Crippen molar-refractivity contribution < 1.29 is 26.7 Å². The molecular formula is C25H27F2N3O4S. The van der Waals surface area contributed by atoms with Crippen molar-refractivity contribution in [2.24, 2.45) is 0 Å². The molecule has 0 aromatic heterocycles. The van der Waals surface area contributed by atoms with Crippen molar-refractivity contribution in [2.45, 2.75) is 24.0 Å². The number of halogens is 2. The predicted molar refractivity (Wildman–Crippen MR) is 130 cm³/mol. The number of rotatable bonds is 8. The van der Waals surface area contributed by atoms with Crippen molar-refractivity contribution in [1.29, 1.82) is 0 Å². The van der Waals surface area contributed by atoms with Crippen LogP contribution in [0.4, 0.5) is 14.5 Å². The number of hydrogen-bond acceptors (Lipinski definition) is 6. The predicted octanol–water partition coefficient (Wildman–Crippen LogP) is 4.04. The van der Waals surface area contributed by atoms with Crippen molar-refractivity contribution >= 4 is 26.5 Å². The van der Waals surface area contributed by atoms with Gasteiger partial charge in [-0.2, -0.15) is 0 Å². The van der Waals surface area contributed by atoms with E-state index in [4.69, 9.17) is 4.74 Å². The molecule has 2 aliphatic rings. The molecule has 0 saturated carbocycles. The van der Waals surface area contributed by atoms with E-state index >= 15 is 0 Å². The summed E-state index contributed by atoms with van der Waals surface area (Å²) in [6, 6.07) is 17.7. The summed E-state index contributed by atoms with van der Waals surface area (Å²) in [5.41, 5.74) is 0.613. The molecule has 1 fully saturated rings. The molecule has 1 N–H and O–H groups in total. The summed E-state index contributed by atoms with van der Waals surface area (Å²) in [5, 5.41) is 1.89. The summed E-state index contributed by atoms with van der Waals surface area (Å²) in [5.74, 6) is 0.144. The third kappa shape index (κ3) is 5.34. The van der Waals surface area contributed by atoms with Gasteiger partial charge in [-0.05, 0) is 54.4 Å². The third-order valence-electron chi connectivity index (χ3n) is 6.35. The molecule has 1 saturated heterocycles. The standard InChI is InChI=1S/C25H27F2N3O4S/c26-25(27)33-23-9-5-8-22(24(23)34-25)30-16-14-29(15-17-30)13-4-3-12-28-35(31,32)21-11-10-19-6-1-2-7-20(19)18-21/h1-2,5-11,18,28H,3-4,12-17H2. The van der Waals surface area contributed by atoms with Crippen molar-refractivity contribution in [3.8, 4) is 11.5 Å². The monoisotopic (exact) mass is 503 g/mol. The fraction of sp³-hybridized carbons (Fsp3) is 0.360. The summed E-state index contributed by atoms with van der Waals surface area (Å²) in [6.45, 7) is 4.14. The van der Waals surface area contributed by atoms with Crippen LogP contribution in [-0.4, -0.2) is 58.9 Å². The van der Waals surface area contributed by atoms with E-state index in [2.05, 4.69) is 14.4 Å². The van der Waals surface area contributed by atoms with Crippen LogP contribution in [0, 0.1) is 0 Å². The number of nitrogens with one attached hydrogen (secondary N) is 1. The number of nitrogens with zero attached hydrogens (tertiary/aromatic N) is 2. The molecule has 186 valence electrons. The number of sulfonamides is 1. The number of fused-ring (bicyclic) bond motifs is 2. The highest BCUT2D eigenvalue weighted by Crippen LogP contribution is 2.47. The number of piperazine rings is 1. The molecule has 0 aliphatic carbocycles. The maximum absolute atomic E-state index is 13.5. The number of alkyl halides is 2. The molecule has 0 amide bonds. The maximum atomic E-state index is 13.5. The number of anilines is 1. The zero-order chi connectivity index (χ0) is 24.5. The van der Waals surface area contributed by atoms with Gasteiger partial charge in [0.25, 0.3) is 0 Å². The molecule has 3 aromatic carbocycles. The van der Waals surface area contributed by atoms with Gasteiger partial charge in [0, 0.05) is 32.7 Å². The average Bonchev–Trinajstić information content (AvgIpc) is 3.18. The lowest BCUT2D eigenvalue weighted by Gasteiger charge is -2.36. The Kier molecular flexibility index (Phi) is 6.52. The fourth-order valence-corrected chi connectivity index (χ4v) is 5.61. The molecule has 0 spiro atoms. The van der Waals surface area contributed by atoms with Gasteiger partial charge >= 0.3 is 6.29 Å². The second kappa shape index (κ2) is 9.60. The minimum absolute atomic E-state index is 0.0565. The minimum atomic E-state index is -3.63. The number of para-hydroxylation sites is 1. The Labute approximate surface area is 203 Å². The Morgan fingerprint density at radius 3 is 2.46 bits per heavy atom. The van der Waals surface area contributed by atoms with Crippen LogP contribution in [0.2, 0.25) is 0 Å². The molecule has 5 rings (SSSR count). The first kappa shape index (κ1) is 23.8. The minimum Gasteiger partial charge on any atom is -0.395 e. The molecule has 10 heteroatoms. The van der Waals surface area contributed by atoms with Crippen molar-refractivity contribution in [3.63, 3.8) is 0 Å². The lowest BCUT2D eigenvalue weighted by Crippen LogP contribution is -2.46. The Balaban J connectivity index is 1.06. The largest absolute Gasteiger partial charge is 0.586 e. The summed E-state index contributed by atoms with van der Waals surface area (Å²) < 4.78 is 64.2. The van der Waals surface area contributed by atoms with Crippen LogP contribution < -0.4 is 19.1 Å². The number of ether oxygens (including phenoxy) is 2. The Morgan fingerprint density at radius 1 is 0.886 bits per heavy atom. The van der Waals surface area contributed by atoms with Crippen LogP contribution in [0.25, 0.3) is 10.8 Å². The zero-order valence-electron chi connectivity index (χ0n) is 19.1. The molecule has 7 nitrogen and oxygen atoms in total. The normalized spacial score (nSPS) is 17.7. The highest BCUT2D eigenvalue weighted by molar-refractivity contribution is 7.89. The summed E-state index contributed by atoms with van der Waals surface area (Å²) in [7, 11) is -3.55. The number of hydrogen-bond donors (Lipinski definition) is 1. The van der Waals surface area contributed by atoms with Crippen LogP contribution in [0.1, 0.15) is 12.8 Å².